The Hall–Kier alpha value is -2.19. The van der Waals surface area contributed by atoms with Crippen LogP contribution in [0.15, 0.2) is 28.7 Å². The van der Waals surface area contributed by atoms with Crippen molar-refractivity contribution in [3.05, 3.63) is 45.7 Å². The van der Waals surface area contributed by atoms with E-state index in [1.807, 2.05) is 35.9 Å². The van der Waals surface area contributed by atoms with Crippen LogP contribution in [0.5, 0.6) is 0 Å². The number of nitrogens with one attached hydrogen (secondary N) is 1. The van der Waals surface area contributed by atoms with Crippen LogP contribution < -0.4 is 5.32 Å². The second-order valence-corrected chi connectivity index (χ2v) is 8.56. The lowest BCUT2D eigenvalue weighted by Gasteiger charge is -2.31. The second-order valence-electron chi connectivity index (χ2n) is 7.71. The Bertz CT molecular complexity index is 942. The average Bonchev–Trinajstić information content (AvgIpc) is 3.38. The van der Waals surface area contributed by atoms with Crippen LogP contribution >= 0.6 is 15.9 Å². The van der Waals surface area contributed by atoms with Crippen LogP contribution in [-0.2, 0) is 16.1 Å². The van der Waals surface area contributed by atoms with E-state index in [4.69, 9.17) is 4.74 Å². The minimum absolute atomic E-state index is 0.0689. The Kier molecular flexibility index (Phi) is 5.74. The van der Waals surface area contributed by atoms with Gasteiger partial charge in [-0.25, -0.2) is 0 Å². The molecule has 0 spiro atoms. The Morgan fingerprint density at radius 2 is 2.10 bits per heavy atom. The average molecular weight is 461 g/mol. The summed E-state index contributed by atoms with van der Waals surface area (Å²) in [6, 6.07) is 7.81. The molecule has 2 atom stereocenters. The molecule has 2 aliphatic heterocycles. The Labute approximate surface area is 178 Å². The highest BCUT2D eigenvalue weighted by Crippen LogP contribution is 2.35. The zero-order valence-electron chi connectivity index (χ0n) is 16.7. The summed E-state index contributed by atoms with van der Waals surface area (Å²) in [5.41, 5.74) is 3.23. The maximum atomic E-state index is 12.8. The summed E-state index contributed by atoms with van der Waals surface area (Å²) in [6.07, 6.45) is 2.82. The highest BCUT2D eigenvalue weighted by Gasteiger charge is 2.36. The van der Waals surface area contributed by atoms with Gasteiger partial charge < -0.3 is 10.1 Å². The van der Waals surface area contributed by atoms with Crippen molar-refractivity contribution >= 4 is 33.5 Å². The molecule has 0 unspecified atom stereocenters. The van der Waals surface area contributed by atoms with Crippen LogP contribution in [-0.4, -0.2) is 46.8 Å². The molecule has 154 valence electrons. The number of aryl methyl sites for hydroxylation is 1. The number of esters is 1. The number of amides is 1. The number of anilines is 1. The molecule has 1 aromatic carbocycles. The molecule has 0 saturated carbocycles. The fourth-order valence-corrected chi connectivity index (χ4v) is 4.67. The molecule has 2 aromatic rings. The molecule has 1 aromatic heterocycles. The SMILES string of the molecule is COC(=O)[C@@H]1CCN([C@H]2CCCn3nc(C(=O)Nc4cccc(Br)c4C)cc32)C1. The Morgan fingerprint density at radius 3 is 2.90 bits per heavy atom. The van der Waals surface area contributed by atoms with Gasteiger partial charge in [0.1, 0.15) is 0 Å². The van der Waals surface area contributed by atoms with E-state index in [9.17, 15) is 9.59 Å². The maximum absolute atomic E-state index is 12.8. The molecule has 1 amide bonds. The molecule has 8 heteroatoms. The van der Waals surface area contributed by atoms with Crippen molar-refractivity contribution in [2.45, 2.75) is 38.8 Å². The predicted octanol–water partition coefficient (Wildman–Crippen LogP) is 3.54. The predicted molar refractivity (Wildman–Crippen MR) is 113 cm³/mol. The normalized spacial score (nSPS) is 21.6. The summed E-state index contributed by atoms with van der Waals surface area (Å²) >= 11 is 3.49. The van der Waals surface area contributed by atoms with Gasteiger partial charge in [0, 0.05) is 23.2 Å². The highest BCUT2D eigenvalue weighted by molar-refractivity contribution is 9.10. The molecule has 29 heavy (non-hydrogen) atoms. The molecule has 0 aliphatic carbocycles. The molecule has 1 N–H and O–H groups in total. The lowest BCUT2D eigenvalue weighted by Crippen LogP contribution is -2.32. The van der Waals surface area contributed by atoms with Crippen LogP contribution in [0.3, 0.4) is 0 Å². The minimum atomic E-state index is -0.208. The van der Waals surface area contributed by atoms with Gasteiger partial charge in [0.2, 0.25) is 0 Å². The number of halogens is 1. The third-order valence-corrected chi connectivity index (χ3v) is 6.80. The number of methoxy groups -OCH3 is 1. The first kappa shape index (κ1) is 20.1. The smallest absolute Gasteiger partial charge is 0.310 e. The van der Waals surface area contributed by atoms with E-state index in [1.165, 1.54) is 7.11 Å². The van der Waals surface area contributed by atoms with E-state index in [0.29, 0.717) is 12.2 Å². The van der Waals surface area contributed by atoms with Crippen molar-refractivity contribution < 1.29 is 14.3 Å². The summed E-state index contributed by atoms with van der Waals surface area (Å²) in [4.78, 5) is 27.0. The van der Waals surface area contributed by atoms with E-state index in [1.54, 1.807) is 0 Å². The summed E-state index contributed by atoms with van der Waals surface area (Å²) in [6.45, 7) is 4.32. The standard InChI is InChI=1S/C21H25BrN4O3/c1-13-15(22)5-3-6-16(13)23-20(27)17-11-19-18(7-4-9-26(19)24-17)25-10-8-14(12-25)21(28)29-2/h3,5-6,11,14,18H,4,7-10,12H2,1-2H3,(H,23,27)/t14-,18+/m1/s1. The number of carbonyl (C=O) groups excluding carboxylic acids is 2. The van der Waals surface area contributed by atoms with Gasteiger partial charge in [0.05, 0.1) is 24.8 Å². The van der Waals surface area contributed by atoms with E-state index in [0.717, 1.165) is 53.8 Å². The first-order valence-electron chi connectivity index (χ1n) is 9.94. The summed E-state index contributed by atoms with van der Waals surface area (Å²) in [7, 11) is 1.44. The molecular weight excluding hydrogens is 436 g/mol. The van der Waals surface area contributed by atoms with Crippen molar-refractivity contribution in [2.75, 3.05) is 25.5 Å². The molecule has 1 saturated heterocycles. The molecule has 0 radical (unpaired) electrons. The van der Waals surface area contributed by atoms with Crippen molar-refractivity contribution in [3.63, 3.8) is 0 Å². The van der Waals surface area contributed by atoms with E-state index < -0.39 is 0 Å². The highest BCUT2D eigenvalue weighted by atomic mass is 79.9. The molecule has 1 fully saturated rings. The van der Waals surface area contributed by atoms with E-state index >= 15 is 0 Å². The monoisotopic (exact) mass is 460 g/mol. The molecule has 4 rings (SSSR count). The topological polar surface area (TPSA) is 76.5 Å². The number of likely N-dealkylation sites (tertiary alicyclic amines) is 1. The zero-order valence-corrected chi connectivity index (χ0v) is 18.2. The van der Waals surface area contributed by atoms with Crippen LogP contribution in [0.1, 0.15) is 47.1 Å². The number of rotatable bonds is 4. The number of aromatic nitrogens is 2. The molecule has 2 aliphatic rings. The van der Waals surface area contributed by atoms with Crippen molar-refractivity contribution in [2.24, 2.45) is 5.92 Å². The van der Waals surface area contributed by atoms with E-state index in [2.05, 4.69) is 31.2 Å². The molecular formula is C21H25BrN4O3. The first-order chi connectivity index (χ1) is 14.0. The number of benzene rings is 1. The summed E-state index contributed by atoms with van der Waals surface area (Å²) < 4.78 is 7.81. The largest absolute Gasteiger partial charge is 0.469 e. The van der Waals surface area contributed by atoms with Gasteiger partial charge in [-0.3, -0.25) is 19.2 Å². The van der Waals surface area contributed by atoms with Crippen LogP contribution in [0.4, 0.5) is 5.69 Å². The number of hydrogen-bond acceptors (Lipinski definition) is 5. The van der Waals surface area contributed by atoms with Crippen molar-refractivity contribution in [1.82, 2.24) is 14.7 Å². The third kappa shape index (κ3) is 3.96. The van der Waals surface area contributed by atoms with Crippen LogP contribution in [0.2, 0.25) is 0 Å². The van der Waals surface area contributed by atoms with Crippen LogP contribution in [0, 0.1) is 12.8 Å². The van der Waals surface area contributed by atoms with Gasteiger partial charge in [-0.2, -0.15) is 5.10 Å². The van der Waals surface area contributed by atoms with Crippen LogP contribution in [0.25, 0.3) is 0 Å². The fourth-order valence-electron chi connectivity index (χ4n) is 4.30. The lowest BCUT2D eigenvalue weighted by atomic mass is 10.0. The van der Waals surface area contributed by atoms with Gasteiger partial charge in [-0.15, -0.1) is 0 Å². The summed E-state index contributed by atoms with van der Waals surface area (Å²) in [5.74, 6) is -0.414. The summed E-state index contributed by atoms with van der Waals surface area (Å²) in [5, 5.41) is 7.54. The second kappa shape index (κ2) is 8.28. The first-order valence-corrected chi connectivity index (χ1v) is 10.7. The van der Waals surface area contributed by atoms with Gasteiger partial charge in [-0.05, 0) is 56.5 Å². The minimum Gasteiger partial charge on any atom is -0.469 e. The molecule has 0 bridgehead atoms. The zero-order chi connectivity index (χ0) is 20.5. The molecule has 3 heterocycles. The maximum Gasteiger partial charge on any atom is 0.310 e. The Balaban J connectivity index is 1.52. The van der Waals surface area contributed by atoms with Gasteiger partial charge in [0.15, 0.2) is 5.69 Å². The fraction of sp³-hybridized carbons (Fsp3) is 0.476. The van der Waals surface area contributed by atoms with Gasteiger partial charge in [0.25, 0.3) is 5.91 Å². The van der Waals surface area contributed by atoms with Crippen molar-refractivity contribution in [3.8, 4) is 0 Å². The number of nitrogens with zero attached hydrogens (tertiary/aromatic N) is 3. The van der Waals surface area contributed by atoms with E-state index in [-0.39, 0.29) is 23.8 Å². The number of ether oxygens (including phenoxy) is 1. The number of carbonyl (C=O) groups is 2. The molecule has 7 nitrogen and oxygen atoms in total. The number of hydrogen-bond donors (Lipinski definition) is 1. The van der Waals surface area contributed by atoms with Crippen molar-refractivity contribution in [1.29, 1.82) is 0 Å². The third-order valence-electron chi connectivity index (χ3n) is 5.94. The number of fused-ring (bicyclic) bond motifs is 1. The van der Waals surface area contributed by atoms with Gasteiger partial charge >= 0.3 is 5.97 Å². The van der Waals surface area contributed by atoms with Gasteiger partial charge in [-0.1, -0.05) is 22.0 Å². The Morgan fingerprint density at radius 1 is 1.28 bits per heavy atom. The lowest BCUT2D eigenvalue weighted by molar-refractivity contribution is -0.145. The quantitative estimate of drug-likeness (QED) is 0.706.